The highest BCUT2D eigenvalue weighted by Crippen LogP contribution is 2.40. The predicted octanol–water partition coefficient (Wildman–Crippen LogP) is 4.68. The van der Waals surface area contributed by atoms with Crippen molar-refractivity contribution in [3.63, 3.8) is 0 Å². The van der Waals surface area contributed by atoms with Gasteiger partial charge in [0.25, 0.3) is 0 Å². The lowest BCUT2D eigenvalue weighted by atomic mass is 9.93. The average Bonchev–Trinajstić information content (AvgIpc) is 2.97. The van der Waals surface area contributed by atoms with Gasteiger partial charge in [-0.15, -0.1) is 0 Å². The van der Waals surface area contributed by atoms with Gasteiger partial charge < -0.3 is 19.4 Å². The molecule has 0 unspecified atom stereocenters. The number of aromatic hydroxyl groups is 1. The molecule has 3 N–H and O–H groups in total. The first kappa shape index (κ1) is 21.2. The van der Waals surface area contributed by atoms with Crippen LogP contribution in [0.5, 0.6) is 5.75 Å². The number of aromatic nitrogens is 2. The molecule has 0 aliphatic rings. The molecule has 0 aliphatic heterocycles. The van der Waals surface area contributed by atoms with Gasteiger partial charge in [-0.2, -0.15) is 0 Å². The molecule has 0 atom stereocenters. The second kappa shape index (κ2) is 7.37. The van der Waals surface area contributed by atoms with Gasteiger partial charge in [-0.3, -0.25) is 5.32 Å². The van der Waals surface area contributed by atoms with Gasteiger partial charge in [-0.25, -0.2) is 14.6 Å². The van der Waals surface area contributed by atoms with E-state index in [0.29, 0.717) is 28.0 Å². The summed E-state index contributed by atoms with van der Waals surface area (Å²) in [5.41, 5.74) is 1.99. The van der Waals surface area contributed by atoms with E-state index in [1.165, 1.54) is 6.20 Å². The molecule has 30 heavy (non-hydrogen) atoms. The first-order valence-corrected chi connectivity index (χ1v) is 9.44. The number of amides is 1. The summed E-state index contributed by atoms with van der Waals surface area (Å²) in [5.74, 6) is -0.561. The minimum Gasteiger partial charge on any atom is -0.508 e. The third kappa shape index (κ3) is 3.80. The maximum absolute atomic E-state index is 12.6. The number of hydrogen-bond acceptors (Lipinski definition) is 5. The molecule has 2 heterocycles. The number of rotatable bonds is 3. The molecule has 0 radical (unpaired) electrons. The number of carboxylic acids is 1. The Balaban J connectivity index is 2.38. The van der Waals surface area contributed by atoms with Crippen molar-refractivity contribution in [1.82, 2.24) is 9.38 Å². The number of anilines is 1. The van der Waals surface area contributed by atoms with E-state index in [-0.39, 0.29) is 17.0 Å². The molecule has 0 saturated carbocycles. The van der Waals surface area contributed by atoms with Crippen molar-refractivity contribution in [3.05, 3.63) is 47.0 Å². The van der Waals surface area contributed by atoms with Crippen LogP contribution in [0.4, 0.5) is 10.5 Å². The number of carbonyl (C=O) groups is 2. The third-order valence-corrected chi connectivity index (χ3v) is 4.77. The number of benzene rings is 1. The van der Waals surface area contributed by atoms with Gasteiger partial charge in [0.2, 0.25) is 0 Å². The number of ether oxygens (including phenoxy) is 1. The van der Waals surface area contributed by atoms with Crippen molar-refractivity contribution < 1.29 is 24.5 Å². The summed E-state index contributed by atoms with van der Waals surface area (Å²) in [4.78, 5) is 29.0. The monoisotopic (exact) mass is 411 g/mol. The molecule has 1 amide bonds. The highest BCUT2D eigenvalue weighted by atomic mass is 16.6. The first-order valence-electron chi connectivity index (χ1n) is 9.44. The topological polar surface area (TPSA) is 113 Å². The number of pyridine rings is 1. The molecule has 0 fully saturated rings. The summed E-state index contributed by atoms with van der Waals surface area (Å²) >= 11 is 0. The van der Waals surface area contributed by atoms with Gasteiger partial charge in [0.05, 0.1) is 17.4 Å². The van der Waals surface area contributed by atoms with E-state index >= 15 is 0 Å². The van der Waals surface area contributed by atoms with Crippen LogP contribution in [0.2, 0.25) is 0 Å². The number of aryl methyl sites for hydroxylation is 2. The fraction of sp³-hybridized carbons (Fsp3) is 0.318. The van der Waals surface area contributed by atoms with Gasteiger partial charge in [0, 0.05) is 11.8 Å². The summed E-state index contributed by atoms with van der Waals surface area (Å²) in [6, 6.07) is 3.31. The number of nitrogens with zero attached hydrogens (tertiary/aromatic N) is 2. The fourth-order valence-electron chi connectivity index (χ4n) is 3.45. The number of phenolic OH excluding ortho intramolecular Hbond substituents is 1. The van der Waals surface area contributed by atoms with E-state index in [0.717, 1.165) is 5.56 Å². The molecule has 8 nitrogen and oxygen atoms in total. The predicted molar refractivity (Wildman–Crippen MR) is 113 cm³/mol. The second-order valence-electron chi connectivity index (χ2n) is 8.19. The number of phenols is 1. The molecule has 3 aromatic rings. The van der Waals surface area contributed by atoms with Crippen LogP contribution in [-0.4, -0.2) is 37.3 Å². The lowest BCUT2D eigenvalue weighted by molar-refractivity contribution is 0.0636. The molecular formula is C22H25N3O5. The molecule has 158 valence electrons. The zero-order chi connectivity index (χ0) is 22.4. The molecule has 2 aromatic heterocycles. The van der Waals surface area contributed by atoms with E-state index in [2.05, 4.69) is 10.3 Å². The molecule has 0 aliphatic carbocycles. The molecule has 0 spiro atoms. The Morgan fingerprint density at radius 2 is 1.83 bits per heavy atom. The Kier molecular flexibility index (Phi) is 5.20. The minimum absolute atomic E-state index is 0.0677. The second-order valence-corrected chi connectivity index (χ2v) is 8.19. The summed E-state index contributed by atoms with van der Waals surface area (Å²) in [5, 5.41) is 22.9. The number of fused-ring (bicyclic) bond motifs is 1. The van der Waals surface area contributed by atoms with Crippen molar-refractivity contribution in [2.45, 2.75) is 47.1 Å². The molecule has 1 aromatic carbocycles. The maximum atomic E-state index is 12.6. The normalized spacial score (nSPS) is 11.5. The van der Waals surface area contributed by atoms with Crippen molar-refractivity contribution in [3.8, 4) is 16.9 Å². The van der Waals surface area contributed by atoms with Crippen LogP contribution in [-0.2, 0) is 4.74 Å². The van der Waals surface area contributed by atoms with Crippen LogP contribution in [0.15, 0.2) is 24.5 Å². The zero-order valence-corrected chi connectivity index (χ0v) is 17.8. The molecule has 0 bridgehead atoms. The smallest absolute Gasteiger partial charge is 0.412 e. The van der Waals surface area contributed by atoms with Crippen LogP contribution >= 0.6 is 0 Å². The average molecular weight is 411 g/mol. The van der Waals surface area contributed by atoms with Crippen LogP contribution in [0, 0.1) is 20.8 Å². The Hall–Kier alpha value is -3.55. The molecule has 0 saturated heterocycles. The lowest BCUT2D eigenvalue weighted by Gasteiger charge is -2.23. The number of carboxylic acid groups (broad SMARTS) is 1. The van der Waals surface area contributed by atoms with Crippen LogP contribution < -0.4 is 5.32 Å². The zero-order valence-electron chi connectivity index (χ0n) is 17.8. The Bertz CT molecular complexity index is 1170. The SMILES string of the molecule is Cc1ccc(O)c(C)c1-c1cn2c(C)ncc2c(C(=O)O)c1NC(=O)OC(C)(C)C. The largest absolute Gasteiger partial charge is 0.508 e. The Morgan fingerprint density at radius 1 is 1.17 bits per heavy atom. The van der Waals surface area contributed by atoms with Gasteiger partial charge in [0.15, 0.2) is 0 Å². The number of hydrogen-bond donors (Lipinski definition) is 3. The van der Waals surface area contributed by atoms with Gasteiger partial charge in [-0.05, 0) is 64.3 Å². The van der Waals surface area contributed by atoms with Gasteiger partial charge in [0.1, 0.15) is 22.7 Å². The number of nitrogens with one attached hydrogen (secondary N) is 1. The Labute approximate surface area is 174 Å². The molecule has 8 heteroatoms. The van der Waals surface area contributed by atoms with E-state index in [9.17, 15) is 19.8 Å². The van der Waals surface area contributed by atoms with E-state index in [1.807, 2.05) is 6.92 Å². The van der Waals surface area contributed by atoms with Crippen molar-refractivity contribution in [2.75, 3.05) is 5.32 Å². The van der Waals surface area contributed by atoms with E-state index in [4.69, 9.17) is 4.74 Å². The van der Waals surface area contributed by atoms with Gasteiger partial charge in [-0.1, -0.05) is 6.07 Å². The summed E-state index contributed by atoms with van der Waals surface area (Å²) < 4.78 is 7.01. The summed E-state index contributed by atoms with van der Waals surface area (Å²) in [6.45, 7) is 10.5. The van der Waals surface area contributed by atoms with E-state index < -0.39 is 17.7 Å². The summed E-state index contributed by atoms with van der Waals surface area (Å²) in [6.07, 6.45) is 2.39. The standard InChI is InChI=1S/C22H25N3O5/c1-11-7-8-16(26)12(2)17(11)14-10-25-13(3)23-9-15(25)18(20(27)28)19(14)24-21(29)30-22(4,5)6/h7-10,26H,1-6H3,(H,24,29)(H,27,28). The first-order chi connectivity index (χ1) is 13.9. The van der Waals surface area contributed by atoms with Crippen LogP contribution in [0.1, 0.15) is 48.1 Å². The summed E-state index contributed by atoms with van der Waals surface area (Å²) in [7, 11) is 0. The van der Waals surface area contributed by atoms with Crippen molar-refractivity contribution >= 4 is 23.3 Å². The van der Waals surface area contributed by atoms with E-state index in [1.54, 1.807) is 57.3 Å². The van der Waals surface area contributed by atoms with Crippen molar-refractivity contribution in [2.24, 2.45) is 0 Å². The third-order valence-electron chi connectivity index (χ3n) is 4.77. The molecular weight excluding hydrogens is 386 g/mol. The fourth-order valence-corrected chi connectivity index (χ4v) is 3.45. The van der Waals surface area contributed by atoms with Crippen molar-refractivity contribution in [1.29, 1.82) is 0 Å². The number of carbonyl (C=O) groups excluding carboxylic acids is 1. The van der Waals surface area contributed by atoms with Gasteiger partial charge >= 0.3 is 12.1 Å². The number of aromatic carboxylic acids is 1. The highest BCUT2D eigenvalue weighted by molar-refractivity contribution is 6.09. The molecule has 3 rings (SSSR count). The van der Waals surface area contributed by atoms with Crippen LogP contribution in [0.3, 0.4) is 0 Å². The maximum Gasteiger partial charge on any atom is 0.412 e. The minimum atomic E-state index is -1.22. The van der Waals surface area contributed by atoms with Crippen LogP contribution in [0.25, 0.3) is 16.6 Å². The quantitative estimate of drug-likeness (QED) is 0.577. The highest BCUT2D eigenvalue weighted by Gasteiger charge is 2.26. The number of imidazole rings is 1. The lowest BCUT2D eigenvalue weighted by Crippen LogP contribution is -2.28. The Morgan fingerprint density at radius 3 is 2.43 bits per heavy atom.